The summed E-state index contributed by atoms with van der Waals surface area (Å²) < 4.78 is 13.4. The van der Waals surface area contributed by atoms with Gasteiger partial charge in [-0.1, -0.05) is 42.5 Å². The van der Waals surface area contributed by atoms with E-state index in [-0.39, 0.29) is 40.2 Å². The number of carbonyl (C=O) groups excluding carboxylic acids is 1. The molecule has 0 aliphatic carbocycles. The number of para-hydroxylation sites is 1. The van der Waals surface area contributed by atoms with E-state index in [9.17, 15) is 19.3 Å². The van der Waals surface area contributed by atoms with Crippen LogP contribution >= 0.6 is 0 Å². The monoisotopic (exact) mass is 489 g/mol. The third-order valence-corrected chi connectivity index (χ3v) is 7.09. The molecule has 1 aliphatic rings. The molecule has 0 N–H and O–H groups in total. The Morgan fingerprint density at radius 3 is 2.39 bits per heavy atom. The van der Waals surface area contributed by atoms with Gasteiger partial charge in [0.2, 0.25) is 0 Å². The maximum Gasteiger partial charge on any atom is 0.273 e. The van der Waals surface area contributed by atoms with Crippen LogP contribution in [-0.4, -0.2) is 46.3 Å². The van der Waals surface area contributed by atoms with E-state index >= 15 is 0 Å². The number of nitro groups is 1. The van der Waals surface area contributed by atoms with Crippen LogP contribution in [0.5, 0.6) is 0 Å². The first-order valence-electron chi connectivity index (χ1n) is 12.3. The number of hydrogen-bond donors (Lipinski definition) is 0. The summed E-state index contributed by atoms with van der Waals surface area (Å²) in [4.78, 5) is 28.7. The summed E-state index contributed by atoms with van der Waals surface area (Å²) in [6, 6.07) is 20.8. The molecule has 1 aliphatic heterocycles. The van der Waals surface area contributed by atoms with Gasteiger partial charge in [-0.2, -0.15) is 0 Å². The van der Waals surface area contributed by atoms with Crippen molar-refractivity contribution in [2.75, 3.05) is 19.6 Å². The lowest BCUT2D eigenvalue weighted by atomic mass is 9.86. The molecule has 6 nitrogen and oxygen atoms in total. The highest BCUT2D eigenvalue weighted by molar-refractivity contribution is 5.94. The summed E-state index contributed by atoms with van der Waals surface area (Å²) in [5, 5.41) is 11.6. The fourth-order valence-corrected chi connectivity index (χ4v) is 5.23. The number of nitro benzene ring substituents is 1. The van der Waals surface area contributed by atoms with Gasteiger partial charge in [0.05, 0.1) is 4.92 Å². The smallest absolute Gasteiger partial charge is 0.273 e. The normalized spacial score (nSPS) is 17.9. The van der Waals surface area contributed by atoms with Gasteiger partial charge in [0.15, 0.2) is 0 Å². The molecule has 0 saturated carbocycles. The van der Waals surface area contributed by atoms with E-state index in [1.165, 1.54) is 35.4 Å². The minimum atomic E-state index is -0.372. The third-order valence-electron chi connectivity index (χ3n) is 7.09. The zero-order valence-corrected chi connectivity index (χ0v) is 20.9. The number of likely N-dealkylation sites (tertiary alicyclic amines) is 1. The first kappa shape index (κ1) is 25.5. The number of hydrogen-bond acceptors (Lipinski definition) is 4. The average molecular weight is 490 g/mol. The number of rotatable bonds is 8. The topological polar surface area (TPSA) is 66.7 Å². The predicted octanol–water partition coefficient (Wildman–Crippen LogP) is 5.81. The third kappa shape index (κ3) is 5.62. The van der Waals surface area contributed by atoms with Crippen molar-refractivity contribution in [2.45, 2.75) is 39.3 Å². The van der Waals surface area contributed by atoms with Crippen LogP contribution in [0.4, 0.5) is 10.1 Å². The summed E-state index contributed by atoms with van der Waals surface area (Å²) in [6.45, 7) is 8.56. The van der Waals surface area contributed by atoms with Gasteiger partial charge in [-0.05, 0) is 62.1 Å². The Kier molecular flexibility index (Phi) is 7.79. The van der Waals surface area contributed by atoms with Crippen molar-refractivity contribution >= 4 is 11.6 Å². The van der Waals surface area contributed by atoms with Crippen LogP contribution in [0, 0.1) is 28.8 Å². The van der Waals surface area contributed by atoms with E-state index in [4.69, 9.17) is 0 Å². The van der Waals surface area contributed by atoms with Gasteiger partial charge in [-0.15, -0.1) is 0 Å². The first-order valence-corrected chi connectivity index (χ1v) is 12.3. The second-order valence-corrected chi connectivity index (χ2v) is 9.86. The molecule has 3 aromatic carbocycles. The number of halogens is 1. The van der Waals surface area contributed by atoms with E-state index in [2.05, 4.69) is 24.0 Å². The van der Waals surface area contributed by atoms with Gasteiger partial charge in [-0.25, -0.2) is 4.39 Å². The first-order chi connectivity index (χ1) is 17.2. The highest BCUT2D eigenvalue weighted by Crippen LogP contribution is 2.37. The molecule has 7 heteroatoms. The Labute approximate surface area is 211 Å². The molecule has 3 aromatic rings. The van der Waals surface area contributed by atoms with E-state index < -0.39 is 0 Å². The van der Waals surface area contributed by atoms with E-state index in [1.807, 2.05) is 43.0 Å². The maximum atomic E-state index is 13.4. The molecule has 188 valence electrons. The Morgan fingerprint density at radius 1 is 1.06 bits per heavy atom. The lowest BCUT2D eigenvalue weighted by Gasteiger charge is -2.32. The SMILES string of the molecule is Cc1ccccc1[C@@H]1CN(Cc2ccccc2[N+](=O)[O-])C[C@H]1CN(C(=O)c1ccc(F)cc1)C(C)C. The molecule has 0 unspecified atom stereocenters. The molecule has 0 spiro atoms. The standard InChI is InChI=1S/C29H32FN3O3/c1-20(2)32(29(34)22-12-14-25(30)15-13-22)18-24-17-31(16-23-9-5-7-11-28(23)33(35)36)19-27(24)26-10-6-4-8-21(26)3/h4-15,20,24,27H,16-19H2,1-3H3/t24-,27+/m0/s1. The Bertz CT molecular complexity index is 1230. The number of nitrogens with zero attached hydrogens (tertiary/aromatic N) is 3. The summed E-state index contributed by atoms with van der Waals surface area (Å²) in [6.07, 6.45) is 0. The largest absolute Gasteiger partial charge is 0.336 e. The summed E-state index contributed by atoms with van der Waals surface area (Å²) >= 11 is 0. The van der Waals surface area contributed by atoms with Crippen molar-refractivity contribution in [1.82, 2.24) is 9.80 Å². The number of aryl methyl sites for hydroxylation is 1. The van der Waals surface area contributed by atoms with Gasteiger partial charge in [0, 0.05) is 55.3 Å². The Balaban J connectivity index is 1.62. The van der Waals surface area contributed by atoms with Crippen LogP contribution in [-0.2, 0) is 6.54 Å². The summed E-state index contributed by atoms with van der Waals surface area (Å²) in [5.74, 6) is -0.175. The molecular weight excluding hydrogens is 457 g/mol. The van der Waals surface area contributed by atoms with Crippen LogP contribution in [0.1, 0.15) is 46.8 Å². The second kappa shape index (κ2) is 11.0. The molecule has 1 saturated heterocycles. The van der Waals surface area contributed by atoms with E-state index in [0.717, 1.165) is 6.54 Å². The summed E-state index contributed by atoms with van der Waals surface area (Å²) in [7, 11) is 0. The van der Waals surface area contributed by atoms with Gasteiger partial charge < -0.3 is 4.90 Å². The van der Waals surface area contributed by atoms with Crippen LogP contribution in [0.3, 0.4) is 0 Å². The molecule has 1 fully saturated rings. The lowest BCUT2D eigenvalue weighted by Crippen LogP contribution is -2.42. The minimum absolute atomic E-state index is 0.0377. The molecule has 1 amide bonds. The highest BCUT2D eigenvalue weighted by atomic mass is 19.1. The number of benzene rings is 3. The number of amides is 1. The molecule has 0 radical (unpaired) electrons. The second-order valence-electron chi connectivity index (χ2n) is 9.86. The molecule has 0 bridgehead atoms. The zero-order chi connectivity index (χ0) is 25.8. The maximum absolute atomic E-state index is 13.4. The van der Waals surface area contributed by atoms with Crippen molar-refractivity contribution in [3.8, 4) is 0 Å². The van der Waals surface area contributed by atoms with Crippen molar-refractivity contribution in [2.24, 2.45) is 5.92 Å². The molecule has 1 heterocycles. The van der Waals surface area contributed by atoms with Crippen molar-refractivity contribution in [3.05, 3.63) is 111 Å². The van der Waals surface area contributed by atoms with Crippen LogP contribution in [0.15, 0.2) is 72.8 Å². The number of carbonyl (C=O) groups is 1. The van der Waals surface area contributed by atoms with E-state index in [0.29, 0.717) is 30.8 Å². The zero-order valence-electron chi connectivity index (χ0n) is 20.9. The van der Waals surface area contributed by atoms with E-state index in [1.54, 1.807) is 12.1 Å². The van der Waals surface area contributed by atoms with Gasteiger partial charge in [0.25, 0.3) is 11.6 Å². The van der Waals surface area contributed by atoms with Crippen LogP contribution in [0.2, 0.25) is 0 Å². The minimum Gasteiger partial charge on any atom is -0.336 e. The fraction of sp³-hybridized carbons (Fsp3) is 0.345. The lowest BCUT2D eigenvalue weighted by molar-refractivity contribution is -0.385. The van der Waals surface area contributed by atoms with Gasteiger partial charge in [0.1, 0.15) is 5.82 Å². The highest BCUT2D eigenvalue weighted by Gasteiger charge is 2.37. The van der Waals surface area contributed by atoms with Crippen molar-refractivity contribution in [1.29, 1.82) is 0 Å². The molecule has 4 rings (SSSR count). The quantitative estimate of drug-likeness (QED) is 0.296. The van der Waals surface area contributed by atoms with Gasteiger partial charge >= 0.3 is 0 Å². The predicted molar refractivity (Wildman–Crippen MR) is 138 cm³/mol. The van der Waals surface area contributed by atoms with Crippen LogP contribution in [0.25, 0.3) is 0 Å². The van der Waals surface area contributed by atoms with Crippen molar-refractivity contribution in [3.63, 3.8) is 0 Å². The molecule has 2 atom stereocenters. The summed E-state index contributed by atoms with van der Waals surface area (Å²) in [5.41, 5.74) is 3.72. The van der Waals surface area contributed by atoms with Crippen molar-refractivity contribution < 1.29 is 14.1 Å². The molecule has 0 aromatic heterocycles. The Morgan fingerprint density at radius 2 is 1.72 bits per heavy atom. The average Bonchev–Trinajstić information content (AvgIpc) is 3.24. The van der Waals surface area contributed by atoms with Gasteiger partial charge in [-0.3, -0.25) is 19.8 Å². The Hall–Kier alpha value is -3.58. The molecular formula is C29H32FN3O3. The van der Waals surface area contributed by atoms with Crippen LogP contribution < -0.4 is 0 Å². The fourth-order valence-electron chi connectivity index (χ4n) is 5.23. The molecule has 36 heavy (non-hydrogen) atoms.